The third kappa shape index (κ3) is 2.90. The van der Waals surface area contributed by atoms with E-state index in [0.29, 0.717) is 6.54 Å². The Labute approximate surface area is 118 Å². The Hall–Kier alpha value is -2.10. The summed E-state index contributed by atoms with van der Waals surface area (Å²) in [5.41, 5.74) is 2.02. The zero-order valence-electron chi connectivity index (χ0n) is 11.5. The van der Waals surface area contributed by atoms with Crippen molar-refractivity contribution in [2.45, 2.75) is 25.8 Å². The summed E-state index contributed by atoms with van der Waals surface area (Å²) in [6, 6.07) is 11.6. The lowest BCUT2D eigenvalue weighted by atomic mass is 10.1. The van der Waals surface area contributed by atoms with Crippen LogP contribution in [0.15, 0.2) is 47.4 Å². The fourth-order valence-corrected chi connectivity index (χ4v) is 2.62. The highest BCUT2D eigenvalue weighted by Crippen LogP contribution is 2.16. The second kappa shape index (κ2) is 5.90. The minimum Gasteiger partial charge on any atom is -0.370 e. The van der Waals surface area contributed by atoms with Gasteiger partial charge in [0.1, 0.15) is 0 Å². The number of aromatic nitrogens is 2. The number of rotatable bonds is 3. The van der Waals surface area contributed by atoms with Crippen LogP contribution in [0.5, 0.6) is 0 Å². The molecule has 2 aromatic rings. The van der Waals surface area contributed by atoms with Crippen LogP contribution in [-0.2, 0) is 6.54 Å². The van der Waals surface area contributed by atoms with Crippen molar-refractivity contribution in [1.82, 2.24) is 9.78 Å². The van der Waals surface area contributed by atoms with Gasteiger partial charge in [-0.25, -0.2) is 4.68 Å². The smallest absolute Gasteiger partial charge is 0.269 e. The first-order valence-corrected chi connectivity index (χ1v) is 7.19. The molecule has 1 fully saturated rings. The predicted molar refractivity (Wildman–Crippen MR) is 80.1 cm³/mol. The van der Waals surface area contributed by atoms with Crippen LogP contribution in [0.3, 0.4) is 0 Å². The molecule has 0 spiro atoms. The van der Waals surface area contributed by atoms with Crippen molar-refractivity contribution in [2.24, 2.45) is 0 Å². The van der Waals surface area contributed by atoms with Crippen LogP contribution >= 0.6 is 0 Å². The summed E-state index contributed by atoms with van der Waals surface area (Å²) in [5, 5.41) is 4.31. The highest BCUT2D eigenvalue weighted by atomic mass is 16.1. The lowest BCUT2D eigenvalue weighted by Crippen LogP contribution is -2.32. The van der Waals surface area contributed by atoms with Gasteiger partial charge in [0.2, 0.25) is 0 Å². The number of nitrogens with zero attached hydrogens (tertiary/aromatic N) is 3. The first-order chi connectivity index (χ1) is 9.83. The summed E-state index contributed by atoms with van der Waals surface area (Å²) >= 11 is 0. The standard InChI is InChI=1S/C16H19N3O/c20-16-11-15(18-9-5-2-6-10-18)12-17-19(16)13-14-7-3-1-4-8-14/h1,3-4,7-8,11-12H,2,5-6,9-10,13H2. The van der Waals surface area contributed by atoms with Crippen molar-refractivity contribution >= 4 is 5.69 Å². The molecular formula is C16H19N3O. The Morgan fingerprint density at radius 3 is 2.50 bits per heavy atom. The molecule has 1 aliphatic heterocycles. The van der Waals surface area contributed by atoms with Crippen molar-refractivity contribution in [1.29, 1.82) is 0 Å². The topological polar surface area (TPSA) is 38.1 Å². The number of piperidine rings is 1. The van der Waals surface area contributed by atoms with Crippen LogP contribution in [0.25, 0.3) is 0 Å². The van der Waals surface area contributed by atoms with Crippen LogP contribution in [0.1, 0.15) is 24.8 Å². The van der Waals surface area contributed by atoms with Crippen molar-refractivity contribution < 1.29 is 0 Å². The molecule has 20 heavy (non-hydrogen) atoms. The first-order valence-electron chi connectivity index (χ1n) is 7.19. The van der Waals surface area contributed by atoms with E-state index in [9.17, 15) is 4.79 Å². The Bertz CT molecular complexity index is 615. The molecule has 1 saturated heterocycles. The lowest BCUT2D eigenvalue weighted by Gasteiger charge is -2.28. The van der Waals surface area contributed by atoms with E-state index in [2.05, 4.69) is 10.00 Å². The Morgan fingerprint density at radius 1 is 1.05 bits per heavy atom. The molecular weight excluding hydrogens is 250 g/mol. The molecule has 0 saturated carbocycles. The number of anilines is 1. The molecule has 0 atom stereocenters. The van der Waals surface area contributed by atoms with Gasteiger partial charge in [0, 0.05) is 19.2 Å². The summed E-state index contributed by atoms with van der Waals surface area (Å²) in [5.74, 6) is 0. The largest absolute Gasteiger partial charge is 0.370 e. The molecule has 0 unspecified atom stereocenters. The third-order valence-electron chi connectivity index (χ3n) is 3.75. The minimum absolute atomic E-state index is 0.0306. The maximum atomic E-state index is 12.2. The van der Waals surface area contributed by atoms with Gasteiger partial charge in [-0.15, -0.1) is 0 Å². The summed E-state index contributed by atoms with van der Waals surface area (Å²) in [7, 11) is 0. The molecule has 1 aliphatic rings. The quantitative estimate of drug-likeness (QED) is 0.858. The maximum Gasteiger partial charge on any atom is 0.269 e. The highest BCUT2D eigenvalue weighted by Gasteiger charge is 2.12. The van der Waals surface area contributed by atoms with Crippen molar-refractivity contribution in [3.63, 3.8) is 0 Å². The van der Waals surface area contributed by atoms with E-state index in [1.807, 2.05) is 36.5 Å². The predicted octanol–water partition coefficient (Wildman–Crippen LogP) is 2.28. The van der Waals surface area contributed by atoms with Gasteiger partial charge < -0.3 is 4.90 Å². The third-order valence-corrected chi connectivity index (χ3v) is 3.75. The Morgan fingerprint density at radius 2 is 1.80 bits per heavy atom. The van der Waals surface area contributed by atoms with Gasteiger partial charge in [0.25, 0.3) is 5.56 Å². The van der Waals surface area contributed by atoms with E-state index in [4.69, 9.17) is 0 Å². The van der Waals surface area contributed by atoms with Gasteiger partial charge in [0.15, 0.2) is 0 Å². The number of benzene rings is 1. The van der Waals surface area contributed by atoms with Crippen LogP contribution in [0, 0.1) is 0 Å². The summed E-state index contributed by atoms with van der Waals surface area (Å²) < 4.78 is 1.52. The fourth-order valence-electron chi connectivity index (χ4n) is 2.62. The first kappa shape index (κ1) is 12.9. The molecule has 1 aromatic carbocycles. The maximum absolute atomic E-state index is 12.2. The zero-order chi connectivity index (χ0) is 13.8. The second-order valence-corrected chi connectivity index (χ2v) is 5.24. The van der Waals surface area contributed by atoms with Crippen LogP contribution in [0.2, 0.25) is 0 Å². The number of hydrogen-bond acceptors (Lipinski definition) is 3. The van der Waals surface area contributed by atoms with Crippen molar-refractivity contribution in [3.05, 3.63) is 58.5 Å². The fraction of sp³-hybridized carbons (Fsp3) is 0.375. The molecule has 3 rings (SSSR count). The van der Waals surface area contributed by atoms with Gasteiger partial charge in [-0.3, -0.25) is 4.79 Å². The highest BCUT2D eigenvalue weighted by molar-refractivity contribution is 5.43. The van der Waals surface area contributed by atoms with E-state index in [0.717, 1.165) is 24.3 Å². The Kier molecular flexibility index (Phi) is 3.81. The molecule has 2 heterocycles. The lowest BCUT2D eigenvalue weighted by molar-refractivity contribution is 0.571. The van der Waals surface area contributed by atoms with Gasteiger partial charge in [0.05, 0.1) is 18.4 Å². The van der Waals surface area contributed by atoms with E-state index in [-0.39, 0.29) is 5.56 Å². The van der Waals surface area contributed by atoms with E-state index < -0.39 is 0 Å². The zero-order valence-corrected chi connectivity index (χ0v) is 11.5. The molecule has 4 nitrogen and oxygen atoms in total. The van der Waals surface area contributed by atoms with Gasteiger partial charge in [-0.2, -0.15) is 5.10 Å². The molecule has 0 N–H and O–H groups in total. The second-order valence-electron chi connectivity index (χ2n) is 5.24. The summed E-state index contributed by atoms with van der Waals surface area (Å²) in [6.07, 6.45) is 5.50. The number of hydrogen-bond donors (Lipinski definition) is 0. The van der Waals surface area contributed by atoms with Crippen molar-refractivity contribution in [3.8, 4) is 0 Å². The molecule has 0 aliphatic carbocycles. The summed E-state index contributed by atoms with van der Waals surface area (Å²) in [6.45, 7) is 2.59. The average molecular weight is 269 g/mol. The molecule has 104 valence electrons. The van der Waals surface area contributed by atoms with Crippen LogP contribution < -0.4 is 10.5 Å². The minimum atomic E-state index is -0.0306. The van der Waals surface area contributed by atoms with Crippen molar-refractivity contribution in [2.75, 3.05) is 18.0 Å². The Balaban J connectivity index is 1.79. The van der Waals surface area contributed by atoms with E-state index in [1.54, 1.807) is 6.07 Å². The van der Waals surface area contributed by atoms with Crippen LogP contribution in [-0.4, -0.2) is 22.9 Å². The normalized spacial score (nSPS) is 15.3. The molecule has 0 amide bonds. The van der Waals surface area contributed by atoms with E-state index >= 15 is 0 Å². The van der Waals surface area contributed by atoms with Crippen LogP contribution in [0.4, 0.5) is 5.69 Å². The monoisotopic (exact) mass is 269 g/mol. The molecule has 0 bridgehead atoms. The van der Waals surface area contributed by atoms with Gasteiger partial charge >= 0.3 is 0 Å². The summed E-state index contributed by atoms with van der Waals surface area (Å²) in [4.78, 5) is 14.4. The van der Waals surface area contributed by atoms with Gasteiger partial charge in [-0.05, 0) is 24.8 Å². The van der Waals surface area contributed by atoms with Gasteiger partial charge in [-0.1, -0.05) is 30.3 Å². The SMILES string of the molecule is O=c1cc(N2CCCCC2)cnn1Cc1ccccc1. The average Bonchev–Trinajstić information content (AvgIpc) is 2.51. The molecule has 0 radical (unpaired) electrons. The molecule has 4 heteroatoms. The van der Waals surface area contributed by atoms with E-state index in [1.165, 1.54) is 23.9 Å². The molecule has 1 aromatic heterocycles.